The Kier molecular flexibility index (Phi) is 8.00. The molecular formula is C26H28N2O4S2. The van der Waals surface area contributed by atoms with Gasteiger partial charge in [0.2, 0.25) is 0 Å². The molecule has 0 radical (unpaired) electrons. The number of thioether (sulfide) groups is 1. The second-order valence-electron chi connectivity index (χ2n) is 8.24. The molecule has 1 aromatic carbocycles. The molecule has 2 aromatic heterocycles. The average Bonchev–Trinajstić information content (AvgIpc) is 3.19. The van der Waals surface area contributed by atoms with E-state index < -0.39 is 5.97 Å². The molecule has 6 nitrogen and oxygen atoms in total. The third-order valence-corrected chi connectivity index (χ3v) is 8.09. The van der Waals surface area contributed by atoms with Crippen molar-refractivity contribution < 1.29 is 14.3 Å². The van der Waals surface area contributed by atoms with Gasteiger partial charge in [0, 0.05) is 12.1 Å². The highest BCUT2D eigenvalue weighted by Crippen LogP contribution is 2.30. The number of thiophene rings is 1. The number of ether oxygens (including phenoxy) is 1. The van der Waals surface area contributed by atoms with Gasteiger partial charge in [0.05, 0.1) is 17.7 Å². The summed E-state index contributed by atoms with van der Waals surface area (Å²) in [5.74, 6) is -0.273. The fourth-order valence-corrected chi connectivity index (χ4v) is 6.16. The molecule has 2 heterocycles. The Bertz CT molecular complexity index is 1290. The number of rotatable bonds is 9. The minimum atomic E-state index is -0.435. The van der Waals surface area contributed by atoms with E-state index in [1.807, 2.05) is 18.2 Å². The summed E-state index contributed by atoms with van der Waals surface area (Å²) in [7, 11) is 0. The Morgan fingerprint density at radius 1 is 1.21 bits per heavy atom. The lowest BCUT2D eigenvalue weighted by Gasteiger charge is -2.15. The summed E-state index contributed by atoms with van der Waals surface area (Å²) in [5.41, 5.74) is 2.44. The van der Waals surface area contributed by atoms with Crippen LogP contribution in [0.1, 0.15) is 64.6 Å². The lowest BCUT2D eigenvalue weighted by atomic mass is 9.97. The second-order valence-corrected chi connectivity index (χ2v) is 10.2. The molecule has 0 fully saturated rings. The highest BCUT2D eigenvalue weighted by molar-refractivity contribution is 7.99. The second kappa shape index (κ2) is 11.1. The van der Waals surface area contributed by atoms with Crippen molar-refractivity contribution in [3.8, 4) is 0 Å². The zero-order chi connectivity index (χ0) is 24.1. The molecule has 0 N–H and O–H groups in total. The van der Waals surface area contributed by atoms with E-state index in [0.29, 0.717) is 37.9 Å². The van der Waals surface area contributed by atoms with Crippen molar-refractivity contribution in [2.24, 2.45) is 0 Å². The normalized spacial score (nSPS) is 13.6. The van der Waals surface area contributed by atoms with Gasteiger partial charge in [-0.3, -0.25) is 14.2 Å². The van der Waals surface area contributed by atoms with Crippen LogP contribution in [0.4, 0.5) is 0 Å². The number of hydrogen-bond acceptors (Lipinski definition) is 7. The van der Waals surface area contributed by atoms with E-state index >= 15 is 0 Å². The summed E-state index contributed by atoms with van der Waals surface area (Å²) in [5, 5.41) is 0.972. The first-order chi connectivity index (χ1) is 16.5. The lowest BCUT2D eigenvalue weighted by molar-refractivity contribution is 0.0531. The molecule has 8 heteroatoms. The van der Waals surface area contributed by atoms with E-state index in [4.69, 9.17) is 9.72 Å². The summed E-state index contributed by atoms with van der Waals surface area (Å²) in [4.78, 5) is 44.4. The number of fused-ring (bicyclic) bond motifs is 1. The SMILES string of the molecule is CCOC(=O)c1sc2nc(SCC(=O)c3ccccc3)n(CCC3=CCCCC3)c(=O)c2c1C. The molecule has 0 atom stereocenters. The zero-order valence-electron chi connectivity index (χ0n) is 19.5. The van der Waals surface area contributed by atoms with Crippen molar-refractivity contribution in [1.82, 2.24) is 9.55 Å². The summed E-state index contributed by atoms with van der Waals surface area (Å²) < 4.78 is 6.85. The molecule has 0 aliphatic heterocycles. The predicted octanol–water partition coefficient (Wildman–Crippen LogP) is 5.81. The Hall–Kier alpha value is -2.71. The topological polar surface area (TPSA) is 78.3 Å². The maximum Gasteiger partial charge on any atom is 0.348 e. The number of esters is 1. The Labute approximate surface area is 207 Å². The van der Waals surface area contributed by atoms with Crippen molar-refractivity contribution in [2.75, 3.05) is 12.4 Å². The molecule has 0 unspecified atom stereocenters. The first-order valence-corrected chi connectivity index (χ1v) is 13.4. The molecular weight excluding hydrogens is 468 g/mol. The summed E-state index contributed by atoms with van der Waals surface area (Å²) in [6.45, 7) is 4.29. The van der Waals surface area contributed by atoms with Gasteiger partial charge in [-0.05, 0) is 51.5 Å². The zero-order valence-corrected chi connectivity index (χ0v) is 21.1. The molecule has 0 amide bonds. The number of carbonyl (C=O) groups excluding carboxylic acids is 2. The van der Waals surface area contributed by atoms with Crippen molar-refractivity contribution >= 4 is 45.1 Å². The molecule has 4 rings (SSSR count). The van der Waals surface area contributed by atoms with E-state index in [-0.39, 0.29) is 23.7 Å². The molecule has 1 aliphatic rings. The van der Waals surface area contributed by atoms with Gasteiger partial charge >= 0.3 is 5.97 Å². The Morgan fingerprint density at radius 3 is 2.71 bits per heavy atom. The smallest absolute Gasteiger partial charge is 0.348 e. The minimum Gasteiger partial charge on any atom is -0.462 e. The highest BCUT2D eigenvalue weighted by atomic mass is 32.2. The molecule has 178 valence electrons. The van der Waals surface area contributed by atoms with Gasteiger partial charge in [-0.1, -0.05) is 53.7 Å². The van der Waals surface area contributed by atoms with Gasteiger partial charge in [0.15, 0.2) is 10.9 Å². The largest absolute Gasteiger partial charge is 0.462 e. The van der Waals surface area contributed by atoms with Crippen LogP contribution in [0, 0.1) is 6.92 Å². The van der Waals surface area contributed by atoms with Gasteiger partial charge in [-0.15, -0.1) is 11.3 Å². The monoisotopic (exact) mass is 496 g/mol. The average molecular weight is 497 g/mol. The molecule has 1 aliphatic carbocycles. The van der Waals surface area contributed by atoms with Crippen LogP contribution in [-0.2, 0) is 11.3 Å². The Balaban J connectivity index is 1.69. The number of Topliss-reactive ketones (excluding diaryl/α,β-unsaturated/α-hetero) is 1. The quantitative estimate of drug-likeness (QED) is 0.122. The van der Waals surface area contributed by atoms with Crippen LogP contribution >= 0.6 is 23.1 Å². The van der Waals surface area contributed by atoms with Crippen molar-refractivity contribution in [3.63, 3.8) is 0 Å². The van der Waals surface area contributed by atoms with E-state index in [1.54, 1.807) is 30.5 Å². The number of aromatic nitrogens is 2. The molecule has 34 heavy (non-hydrogen) atoms. The molecule has 0 spiro atoms. The van der Waals surface area contributed by atoms with Crippen molar-refractivity contribution in [3.05, 3.63) is 68.3 Å². The molecule has 3 aromatic rings. The predicted molar refractivity (Wildman–Crippen MR) is 137 cm³/mol. The molecule has 0 saturated heterocycles. The van der Waals surface area contributed by atoms with Crippen LogP contribution in [-0.4, -0.2) is 33.7 Å². The van der Waals surface area contributed by atoms with Crippen molar-refractivity contribution in [1.29, 1.82) is 0 Å². The van der Waals surface area contributed by atoms with E-state index in [2.05, 4.69) is 6.08 Å². The summed E-state index contributed by atoms with van der Waals surface area (Å²) in [6, 6.07) is 9.12. The van der Waals surface area contributed by atoms with Crippen LogP contribution in [0.2, 0.25) is 0 Å². The third kappa shape index (κ3) is 5.33. The summed E-state index contributed by atoms with van der Waals surface area (Å²) >= 11 is 2.45. The van der Waals surface area contributed by atoms with Crippen molar-refractivity contribution in [2.45, 2.75) is 57.7 Å². The van der Waals surface area contributed by atoms with Crippen LogP contribution in [0.5, 0.6) is 0 Å². The standard InChI is InChI=1S/C26H28N2O4S2/c1-3-32-25(31)22-17(2)21-23(34-22)27-26(33-16-20(29)19-12-8-5-9-13-19)28(24(21)30)15-14-18-10-6-4-7-11-18/h5,8-10,12-13H,3-4,6-7,11,14-16H2,1-2H3. The third-order valence-electron chi connectivity index (χ3n) is 5.95. The van der Waals surface area contributed by atoms with Gasteiger partial charge in [0.1, 0.15) is 9.71 Å². The lowest BCUT2D eigenvalue weighted by Crippen LogP contribution is -2.24. The fraction of sp³-hybridized carbons (Fsp3) is 0.385. The number of benzene rings is 1. The molecule has 0 saturated carbocycles. The van der Waals surface area contributed by atoms with Crippen LogP contribution in [0.3, 0.4) is 0 Å². The number of ketones is 1. The van der Waals surface area contributed by atoms with Gasteiger partial charge in [-0.2, -0.15) is 0 Å². The maximum absolute atomic E-state index is 13.6. The Morgan fingerprint density at radius 2 is 2.00 bits per heavy atom. The highest BCUT2D eigenvalue weighted by Gasteiger charge is 2.23. The van der Waals surface area contributed by atoms with Crippen LogP contribution < -0.4 is 5.56 Å². The minimum absolute atomic E-state index is 0.0175. The van der Waals surface area contributed by atoms with Gasteiger partial charge < -0.3 is 4.74 Å². The van der Waals surface area contributed by atoms with Crippen LogP contribution in [0.25, 0.3) is 10.2 Å². The first kappa shape index (κ1) is 24.4. The number of aryl methyl sites for hydroxylation is 1. The maximum atomic E-state index is 13.6. The van der Waals surface area contributed by atoms with E-state index in [9.17, 15) is 14.4 Å². The van der Waals surface area contributed by atoms with Gasteiger partial charge in [-0.25, -0.2) is 9.78 Å². The number of allylic oxidation sites excluding steroid dienone is 2. The number of carbonyl (C=O) groups is 2. The van der Waals surface area contributed by atoms with Gasteiger partial charge in [0.25, 0.3) is 5.56 Å². The van der Waals surface area contributed by atoms with E-state index in [0.717, 1.165) is 19.3 Å². The first-order valence-electron chi connectivity index (χ1n) is 11.6. The molecule has 0 bridgehead atoms. The fourth-order valence-electron chi connectivity index (χ4n) is 4.12. The van der Waals surface area contributed by atoms with Crippen LogP contribution in [0.15, 0.2) is 51.9 Å². The summed E-state index contributed by atoms with van der Waals surface area (Å²) in [6.07, 6.45) is 7.59. The number of nitrogens with zero attached hydrogens (tertiary/aromatic N) is 2. The van der Waals surface area contributed by atoms with E-state index in [1.165, 1.54) is 41.5 Å². The number of hydrogen-bond donors (Lipinski definition) is 0.